The van der Waals surface area contributed by atoms with Gasteiger partial charge in [0.2, 0.25) is 0 Å². The van der Waals surface area contributed by atoms with Crippen LogP contribution in [0.25, 0.3) is 0 Å². The Bertz CT molecular complexity index is 850. The molecule has 0 bridgehead atoms. The lowest BCUT2D eigenvalue weighted by Gasteiger charge is -2.12. The van der Waals surface area contributed by atoms with E-state index in [1.807, 2.05) is 60.7 Å². The van der Waals surface area contributed by atoms with Crippen molar-refractivity contribution in [3.63, 3.8) is 0 Å². The lowest BCUT2D eigenvalue weighted by Crippen LogP contribution is -2.10. The molecule has 2 aromatic carbocycles. The number of ether oxygens (including phenoxy) is 2. The van der Waals surface area contributed by atoms with Gasteiger partial charge in [0.25, 0.3) is 0 Å². The number of aromatic nitrogens is 1. The van der Waals surface area contributed by atoms with Crippen LogP contribution < -0.4 is 14.8 Å². The summed E-state index contributed by atoms with van der Waals surface area (Å²) in [5.41, 5.74) is 2.27. The van der Waals surface area contributed by atoms with Crippen molar-refractivity contribution in [2.24, 2.45) is 0 Å². The third-order valence-electron chi connectivity index (χ3n) is 3.98. The summed E-state index contributed by atoms with van der Waals surface area (Å²) in [7, 11) is 0. The monoisotopic (exact) mass is 360 g/mol. The number of hydrogen-bond donors (Lipinski definition) is 1. The summed E-state index contributed by atoms with van der Waals surface area (Å²) in [4.78, 5) is 4.26. The minimum atomic E-state index is 0.486. The quantitative estimate of drug-likeness (QED) is 0.413. The van der Waals surface area contributed by atoms with Crippen LogP contribution in [0.4, 0.5) is 5.82 Å². The van der Waals surface area contributed by atoms with E-state index in [9.17, 15) is 0 Å². The van der Waals surface area contributed by atoms with Crippen molar-refractivity contribution in [2.75, 3.05) is 18.5 Å². The highest BCUT2D eigenvalue weighted by atomic mass is 16.5. The van der Waals surface area contributed by atoms with Gasteiger partial charge in [-0.1, -0.05) is 42.5 Å². The maximum atomic E-state index is 5.85. The Balaban J connectivity index is 1.47. The number of hydrogen-bond acceptors (Lipinski definition) is 4. The van der Waals surface area contributed by atoms with Crippen molar-refractivity contribution in [2.45, 2.75) is 13.0 Å². The van der Waals surface area contributed by atoms with Crippen LogP contribution in [0.1, 0.15) is 11.1 Å². The molecule has 0 amide bonds. The largest absolute Gasteiger partial charge is 0.490 e. The van der Waals surface area contributed by atoms with Gasteiger partial charge in [-0.05, 0) is 47.9 Å². The molecular weight excluding hydrogens is 336 g/mol. The predicted octanol–water partition coefficient (Wildman–Crippen LogP) is 4.88. The van der Waals surface area contributed by atoms with Gasteiger partial charge >= 0.3 is 0 Å². The molecule has 27 heavy (non-hydrogen) atoms. The summed E-state index contributed by atoms with van der Waals surface area (Å²) in [6.07, 6.45) is 4.45. The van der Waals surface area contributed by atoms with Crippen LogP contribution in [-0.2, 0) is 13.0 Å². The highest BCUT2D eigenvalue weighted by molar-refractivity contribution is 5.37. The van der Waals surface area contributed by atoms with Gasteiger partial charge in [-0.15, -0.1) is 6.58 Å². The highest BCUT2D eigenvalue weighted by Gasteiger charge is 2.02. The van der Waals surface area contributed by atoms with E-state index < -0.39 is 0 Å². The second-order valence-corrected chi connectivity index (χ2v) is 6.01. The molecule has 1 aromatic heterocycles. The molecule has 0 saturated carbocycles. The first kappa shape index (κ1) is 18.5. The van der Waals surface area contributed by atoms with Crippen LogP contribution in [0.2, 0.25) is 0 Å². The molecule has 0 aliphatic rings. The van der Waals surface area contributed by atoms with Crippen LogP contribution in [0.15, 0.2) is 85.6 Å². The fourth-order valence-electron chi connectivity index (χ4n) is 2.69. The molecule has 0 fully saturated rings. The van der Waals surface area contributed by atoms with Gasteiger partial charge in [-0.25, -0.2) is 4.98 Å². The lowest BCUT2D eigenvalue weighted by atomic mass is 10.1. The number of anilines is 1. The molecular formula is C23H24N2O2. The van der Waals surface area contributed by atoms with Crippen LogP contribution in [-0.4, -0.2) is 18.2 Å². The van der Waals surface area contributed by atoms with Crippen LogP contribution in [0, 0.1) is 0 Å². The molecule has 4 heteroatoms. The Morgan fingerprint density at radius 3 is 2.63 bits per heavy atom. The Labute approximate surface area is 160 Å². The number of rotatable bonds is 10. The molecule has 1 N–H and O–H groups in total. The molecule has 0 spiro atoms. The maximum absolute atomic E-state index is 5.85. The smallest absolute Gasteiger partial charge is 0.126 e. The molecule has 4 nitrogen and oxygen atoms in total. The van der Waals surface area contributed by atoms with Crippen molar-refractivity contribution in [1.82, 2.24) is 4.98 Å². The maximum Gasteiger partial charge on any atom is 0.126 e. The number of benzene rings is 2. The first-order valence-corrected chi connectivity index (χ1v) is 9.03. The van der Waals surface area contributed by atoms with E-state index in [0.29, 0.717) is 19.8 Å². The molecule has 0 aliphatic heterocycles. The Hall–Kier alpha value is -3.27. The normalized spacial score (nSPS) is 10.2. The topological polar surface area (TPSA) is 43.4 Å². The standard InChI is InChI=1S/C23H24N2O2/c1-2-8-20-10-3-4-12-22(20)27-16-15-26-21-11-7-9-19(17-21)18-25-23-13-5-6-14-24-23/h2-7,9-14,17H,1,8,15-16,18H2,(H,24,25). The van der Waals surface area contributed by atoms with E-state index in [-0.39, 0.29) is 0 Å². The van der Waals surface area contributed by atoms with Crippen LogP contribution in [0.5, 0.6) is 11.5 Å². The number of nitrogens with zero attached hydrogens (tertiary/aromatic N) is 1. The van der Waals surface area contributed by atoms with E-state index in [1.165, 1.54) is 0 Å². The van der Waals surface area contributed by atoms with Crippen molar-refractivity contribution < 1.29 is 9.47 Å². The summed E-state index contributed by atoms with van der Waals surface area (Å²) >= 11 is 0. The summed E-state index contributed by atoms with van der Waals surface area (Å²) in [5, 5.41) is 3.30. The highest BCUT2D eigenvalue weighted by Crippen LogP contribution is 2.19. The molecule has 3 rings (SSSR count). The second kappa shape index (κ2) is 10.0. The van der Waals surface area contributed by atoms with Gasteiger partial charge in [0, 0.05) is 12.7 Å². The van der Waals surface area contributed by atoms with Gasteiger partial charge in [0.1, 0.15) is 30.5 Å². The third-order valence-corrected chi connectivity index (χ3v) is 3.98. The number of pyridine rings is 1. The number of nitrogens with one attached hydrogen (secondary N) is 1. The van der Waals surface area contributed by atoms with Gasteiger partial charge in [0.05, 0.1) is 0 Å². The zero-order valence-electron chi connectivity index (χ0n) is 15.3. The summed E-state index contributed by atoms with van der Waals surface area (Å²) in [5.74, 6) is 2.57. The molecule has 3 aromatic rings. The minimum absolute atomic E-state index is 0.486. The van der Waals surface area contributed by atoms with Gasteiger partial charge in [0.15, 0.2) is 0 Å². The minimum Gasteiger partial charge on any atom is -0.490 e. The van der Waals surface area contributed by atoms with Crippen molar-refractivity contribution in [3.05, 3.63) is 96.7 Å². The fourth-order valence-corrected chi connectivity index (χ4v) is 2.69. The van der Waals surface area contributed by atoms with Gasteiger partial charge in [-0.3, -0.25) is 0 Å². The number of para-hydroxylation sites is 1. The molecule has 0 saturated heterocycles. The molecule has 0 radical (unpaired) electrons. The first-order valence-electron chi connectivity index (χ1n) is 9.03. The Morgan fingerprint density at radius 2 is 1.78 bits per heavy atom. The zero-order chi connectivity index (χ0) is 18.7. The number of allylic oxidation sites excluding steroid dienone is 1. The van der Waals surface area contributed by atoms with Crippen molar-refractivity contribution in [1.29, 1.82) is 0 Å². The summed E-state index contributed by atoms with van der Waals surface area (Å²) < 4.78 is 11.7. The molecule has 0 aliphatic carbocycles. The molecule has 1 heterocycles. The Morgan fingerprint density at radius 1 is 0.926 bits per heavy atom. The third kappa shape index (κ3) is 5.89. The SMILES string of the molecule is C=CCc1ccccc1OCCOc1cccc(CNc2ccccn2)c1. The summed E-state index contributed by atoms with van der Waals surface area (Å²) in [6, 6.07) is 21.8. The van der Waals surface area contributed by atoms with E-state index in [0.717, 1.165) is 34.9 Å². The zero-order valence-corrected chi connectivity index (χ0v) is 15.3. The fraction of sp³-hybridized carbons (Fsp3) is 0.174. The van der Waals surface area contributed by atoms with E-state index in [1.54, 1.807) is 6.20 Å². The van der Waals surface area contributed by atoms with E-state index in [4.69, 9.17) is 9.47 Å². The Kier molecular flexibility index (Phi) is 6.87. The van der Waals surface area contributed by atoms with Crippen LogP contribution in [0.3, 0.4) is 0 Å². The molecule has 0 unspecified atom stereocenters. The van der Waals surface area contributed by atoms with Crippen molar-refractivity contribution >= 4 is 5.82 Å². The molecule has 138 valence electrons. The van der Waals surface area contributed by atoms with Crippen LogP contribution >= 0.6 is 0 Å². The van der Waals surface area contributed by atoms with Gasteiger partial charge in [-0.2, -0.15) is 0 Å². The van der Waals surface area contributed by atoms with E-state index in [2.05, 4.69) is 29.0 Å². The average molecular weight is 360 g/mol. The van der Waals surface area contributed by atoms with Crippen molar-refractivity contribution in [3.8, 4) is 11.5 Å². The first-order chi connectivity index (χ1) is 13.3. The lowest BCUT2D eigenvalue weighted by molar-refractivity contribution is 0.216. The van der Waals surface area contributed by atoms with E-state index >= 15 is 0 Å². The van der Waals surface area contributed by atoms with Gasteiger partial charge < -0.3 is 14.8 Å². The second-order valence-electron chi connectivity index (χ2n) is 6.01. The summed E-state index contributed by atoms with van der Waals surface area (Å²) in [6.45, 7) is 5.46. The molecule has 0 atom stereocenters. The average Bonchev–Trinajstić information content (AvgIpc) is 2.72. The predicted molar refractivity (Wildman–Crippen MR) is 109 cm³/mol.